The van der Waals surface area contributed by atoms with Crippen LogP contribution in [-0.4, -0.2) is 38.7 Å². The Balaban J connectivity index is 1.29. The molecule has 0 unspecified atom stereocenters. The van der Waals surface area contributed by atoms with Crippen LogP contribution in [0.15, 0.2) is 71.3 Å². The van der Waals surface area contributed by atoms with E-state index >= 15 is 0 Å². The number of furan rings is 1. The van der Waals surface area contributed by atoms with Crippen molar-refractivity contribution in [1.82, 2.24) is 20.2 Å². The number of esters is 1. The fraction of sp³-hybridized carbons (Fsp3) is 0.174. The van der Waals surface area contributed by atoms with Gasteiger partial charge in [-0.25, -0.2) is 4.79 Å². The summed E-state index contributed by atoms with van der Waals surface area (Å²) in [6.45, 7) is 2.50. The monoisotopic (exact) mass is 431 g/mol. The summed E-state index contributed by atoms with van der Waals surface area (Å²) in [4.78, 5) is 26.1. The summed E-state index contributed by atoms with van der Waals surface area (Å²) in [6, 6.07) is 17.8. The van der Waals surface area contributed by atoms with Crippen LogP contribution in [0.1, 0.15) is 32.9 Å². The van der Waals surface area contributed by atoms with Crippen molar-refractivity contribution in [2.75, 3.05) is 11.9 Å². The zero-order chi connectivity index (χ0) is 22.3. The number of tetrazole rings is 1. The van der Waals surface area contributed by atoms with Crippen LogP contribution < -0.4 is 5.32 Å². The Morgan fingerprint density at radius 1 is 1.09 bits per heavy atom. The first-order chi connectivity index (χ1) is 15.6. The van der Waals surface area contributed by atoms with Gasteiger partial charge in [-0.1, -0.05) is 36.4 Å². The number of anilines is 1. The first kappa shape index (κ1) is 21.0. The Morgan fingerprint density at radius 2 is 1.94 bits per heavy atom. The number of benzene rings is 2. The minimum absolute atomic E-state index is 0.189. The summed E-state index contributed by atoms with van der Waals surface area (Å²) in [6.07, 6.45) is 1.96. The number of rotatable bonds is 8. The molecule has 2 aromatic heterocycles. The van der Waals surface area contributed by atoms with Crippen molar-refractivity contribution in [1.29, 1.82) is 0 Å². The Bertz CT molecular complexity index is 1200. The van der Waals surface area contributed by atoms with Gasteiger partial charge in [-0.05, 0) is 42.0 Å². The van der Waals surface area contributed by atoms with Crippen LogP contribution in [-0.2, 0) is 11.3 Å². The number of hydrogen-bond donors (Lipinski definition) is 1. The predicted octanol–water partition coefficient (Wildman–Crippen LogP) is 3.74. The van der Waals surface area contributed by atoms with Gasteiger partial charge in [-0.3, -0.25) is 4.79 Å². The Kier molecular flexibility index (Phi) is 6.35. The third-order valence-corrected chi connectivity index (χ3v) is 4.69. The maximum Gasteiger partial charge on any atom is 0.338 e. The molecular weight excluding hydrogens is 410 g/mol. The van der Waals surface area contributed by atoms with E-state index in [1.165, 1.54) is 11.1 Å². The van der Waals surface area contributed by atoms with Crippen LogP contribution >= 0.6 is 0 Å². The molecule has 32 heavy (non-hydrogen) atoms. The van der Waals surface area contributed by atoms with Gasteiger partial charge in [0.2, 0.25) is 5.82 Å². The molecule has 9 nitrogen and oxygen atoms in total. The number of ether oxygens (including phenoxy) is 1. The van der Waals surface area contributed by atoms with Crippen LogP contribution in [0.25, 0.3) is 11.4 Å². The van der Waals surface area contributed by atoms with E-state index in [0.29, 0.717) is 30.0 Å². The van der Waals surface area contributed by atoms with Crippen molar-refractivity contribution in [3.05, 3.63) is 83.8 Å². The molecule has 2 aromatic carbocycles. The number of carbonyl (C=O) groups excluding carboxylic acids is 2. The molecule has 9 heteroatoms. The fourth-order valence-electron chi connectivity index (χ4n) is 2.97. The van der Waals surface area contributed by atoms with E-state index in [0.717, 1.165) is 11.1 Å². The lowest BCUT2D eigenvalue weighted by Gasteiger charge is -2.10. The summed E-state index contributed by atoms with van der Waals surface area (Å²) >= 11 is 0. The second-order valence-electron chi connectivity index (χ2n) is 7.03. The zero-order valence-corrected chi connectivity index (χ0v) is 17.4. The van der Waals surface area contributed by atoms with E-state index in [1.807, 2.05) is 37.3 Å². The highest BCUT2D eigenvalue weighted by atomic mass is 16.5. The lowest BCUT2D eigenvalue weighted by Crippen LogP contribution is -2.14. The second kappa shape index (κ2) is 9.69. The van der Waals surface area contributed by atoms with Gasteiger partial charge in [-0.2, -0.15) is 4.80 Å². The Morgan fingerprint density at radius 3 is 2.72 bits per heavy atom. The number of aromatic nitrogens is 4. The van der Waals surface area contributed by atoms with E-state index in [2.05, 4.69) is 20.7 Å². The predicted molar refractivity (Wildman–Crippen MR) is 116 cm³/mol. The van der Waals surface area contributed by atoms with Crippen molar-refractivity contribution >= 4 is 17.6 Å². The summed E-state index contributed by atoms with van der Waals surface area (Å²) in [5.74, 6) is -0.130. The highest BCUT2D eigenvalue weighted by molar-refractivity contribution is 6.03. The molecule has 0 radical (unpaired) electrons. The molecule has 0 saturated heterocycles. The Hall–Kier alpha value is -4.27. The normalized spacial score (nSPS) is 10.7. The lowest BCUT2D eigenvalue weighted by atomic mass is 10.1. The van der Waals surface area contributed by atoms with Crippen LogP contribution in [0.3, 0.4) is 0 Å². The molecule has 1 N–H and O–H groups in total. The molecule has 1 amide bonds. The molecule has 0 fully saturated rings. The number of carbonyl (C=O) groups is 2. The van der Waals surface area contributed by atoms with Crippen molar-refractivity contribution in [3.8, 4) is 11.4 Å². The first-order valence-electron chi connectivity index (χ1n) is 10.1. The lowest BCUT2D eigenvalue weighted by molar-refractivity contribution is 0.0493. The topological polar surface area (TPSA) is 112 Å². The molecule has 0 atom stereocenters. The average molecular weight is 431 g/mol. The number of amides is 1. The van der Waals surface area contributed by atoms with Crippen LogP contribution in [0, 0.1) is 6.92 Å². The van der Waals surface area contributed by atoms with E-state index in [-0.39, 0.29) is 18.3 Å². The molecule has 4 aromatic rings. The largest absolute Gasteiger partial charge is 0.462 e. The molecule has 2 heterocycles. The van der Waals surface area contributed by atoms with E-state index in [1.54, 1.807) is 30.3 Å². The molecule has 0 spiro atoms. The molecule has 0 aliphatic rings. The van der Waals surface area contributed by atoms with Crippen molar-refractivity contribution < 1.29 is 18.7 Å². The van der Waals surface area contributed by atoms with Gasteiger partial charge in [0.05, 0.1) is 25.0 Å². The molecular formula is C23H21N5O4. The van der Waals surface area contributed by atoms with Crippen molar-refractivity contribution in [3.63, 3.8) is 0 Å². The van der Waals surface area contributed by atoms with Crippen molar-refractivity contribution in [2.45, 2.75) is 19.9 Å². The highest BCUT2D eigenvalue weighted by Gasteiger charge is 2.14. The summed E-state index contributed by atoms with van der Waals surface area (Å²) < 4.78 is 10.4. The minimum atomic E-state index is -0.477. The molecule has 4 rings (SSSR count). The van der Waals surface area contributed by atoms with Crippen LogP contribution in [0.5, 0.6) is 0 Å². The highest BCUT2D eigenvalue weighted by Crippen LogP contribution is 2.19. The van der Waals surface area contributed by atoms with Gasteiger partial charge in [0, 0.05) is 17.7 Å². The maximum absolute atomic E-state index is 12.4. The minimum Gasteiger partial charge on any atom is -0.462 e. The molecule has 0 bridgehead atoms. The first-order valence-corrected chi connectivity index (χ1v) is 10.1. The van der Waals surface area contributed by atoms with Gasteiger partial charge in [0.15, 0.2) is 5.76 Å². The summed E-state index contributed by atoms with van der Waals surface area (Å²) in [5.41, 5.74) is 2.56. The van der Waals surface area contributed by atoms with Gasteiger partial charge in [0.25, 0.3) is 5.91 Å². The van der Waals surface area contributed by atoms with Crippen LogP contribution in [0.4, 0.5) is 5.69 Å². The summed E-state index contributed by atoms with van der Waals surface area (Å²) in [7, 11) is 0. The van der Waals surface area contributed by atoms with Crippen molar-refractivity contribution in [2.24, 2.45) is 0 Å². The van der Waals surface area contributed by atoms with Gasteiger partial charge in [-0.15, -0.1) is 10.2 Å². The fourth-order valence-corrected chi connectivity index (χ4v) is 2.97. The van der Waals surface area contributed by atoms with Gasteiger partial charge >= 0.3 is 5.97 Å². The number of hydrogen-bond acceptors (Lipinski definition) is 7. The smallest absolute Gasteiger partial charge is 0.338 e. The Labute approximate surface area is 184 Å². The van der Waals surface area contributed by atoms with E-state index < -0.39 is 5.97 Å². The van der Waals surface area contributed by atoms with Gasteiger partial charge in [0.1, 0.15) is 0 Å². The van der Waals surface area contributed by atoms with Gasteiger partial charge < -0.3 is 14.5 Å². The second-order valence-corrected chi connectivity index (χ2v) is 7.03. The molecule has 162 valence electrons. The molecule has 0 saturated carbocycles. The SMILES string of the molecule is Cc1ccc(C(=O)OCCCn2nnc(-c3ccccc3)n2)cc1NC(=O)c1ccco1. The van der Waals surface area contributed by atoms with E-state index in [9.17, 15) is 9.59 Å². The zero-order valence-electron chi connectivity index (χ0n) is 17.4. The quantitative estimate of drug-likeness (QED) is 0.334. The summed E-state index contributed by atoms with van der Waals surface area (Å²) in [5, 5.41) is 15.1. The number of aryl methyl sites for hydroxylation is 2. The maximum atomic E-state index is 12.4. The number of nitrogens with zero attached hydrogens (tertiary/aromatic N) is 4. The van der Waals surface area contributed by atoms with Crippen LogP contribution in [0.2, 0.25) is 0 Å². The third-order valence-electron chi connectivity index (χ3n) is 4.69. The standard InChI is InChI=1S/C23H21N5O4/c1-16-10-11-18(15-19(16)24-22(29)20-9-5-13-31-20)23(30)32-14-6-12-28-26-21(25-27-28)17-7-3-2-4-8-17/h2-5,7-11,13,15H,6,12,14H2,1H3,(H,24,29). The average Bonchev–Trinajstić information content (AvgIpc) is 3.51. The number of nitrogens with one attached hydrogen (secondary N) is 1. The molecule has 0 aliphatic carbocycles. The molecule has 0 aliphatic heterocycles. The third kappa shape index (κ3) is 5.07. The van der Waals surface area contributed by atoms with E-state index in [4.69, 9.17) is 9.15 Å².